The third-order valence-electron chi connectivity index (χ3n) is 3.58. The molecule has 1 fully saturated rings. The number of esters is 1. The molecule has 1 aromatic rings. The van der Waals surface area contributed by atoms with Gasteiger partial charge in [-0.05, 0) is 44.7 Å². The van der Waals surface area contributed by atoms with Crippen molar-refractivity contribution in [3.8, 4) is 0 Å². The van der Waals surface area contributed by atoms with Crippen molar-refractivity contribution in [1.29, 1.82) is 0 Å². The summed E-state index contributed by atoms with van der Waals surface area (Å²) in [6.45, 7) is 5.17. The van der Waals surface area contributed by atoms with Gasteiger partial charge in [-0.25, -0.2) is 9.97 Å². The number of nitrogens with one attached hydrogen (secondary N) is 1. The minimum absolute atomic E-state index is 0.135. The summed E-state index contributed by atoms with van der Waals surface area (Å²) in [6, 6.07) is 1.79. The minimum atomic E-state index is -0.601. The van der Waals surface area contributed by atoms with Crippen LogP contribution in [0.25, 0.3) is 0 Å². The molecule has 5 nitrogen and oxygen atoms in total. The predicted molar refractivity (Wildman–Crippen MR) is 83.1 cm³/mol. The molecule has 0 amide bonds. The second-order valence-electron chi connectivity index (χ2n) is 5.21. The van der Waals surface area contributed by atoms with Gasteiger partial charge in [0, 0.05) is 18.1 Å². The maximum atomic E-state index is 12.5. The van der Waals surface area contributed by atoms with Crippen LogP contribution in [-0.2, 0) is 9.53 Å². The Morgan fingerprint density at radius 1 is 1.43 bits per heavy atom. The predicted octanol–water partition coefficient (Wildman–Crippen LogP) is 2.28. The van der Waals surface area contributed by atoms with Gasteiger partial charge in [0.05, 0.1) is 6.61 Å². The summed E-state index contributed by atoms with van der Waals surface area (Å²) >= 11 is 1.51. The van der Waals surface area contributed by atoms with Gasteiger partial charge in [0.25, 0.3) is 0 Å². The zero-order chi connectivity index (χ0) is 15.1. The van der Waals surface area contributed by atoms with E-state index in [1.165, 1.54) is 11.8 Å². The molecule has 0 aromatic carbocycles. The lowest BCUT2D eigenvalue weighted by Gasteiger charge is -2.32. The standard InChI is InChI=1S/C15H23N3O2S/c1-3-8-18-15(12-6-7-12,13(19)20-4-2)11-21-14-16-9-5-10-17-14/h5,9-10,12,18H,3-4,6-8,11H2,1-2H3. The fourth-order valence-corrected chi connectivity index (χ4v) is 3.42. The molecular weight excluding hydrogens is 286 g/mol. The minimum Gasteiger partial charge on any atom is -0.465 e. The van der Waals surface area contributed by atoms with Gasteiger partial charge < -0.3 is 10.1 Å². The van der Waals surface area contributed by atoms with Crippen molar-refractivity contribution in [2.24, 2.45) is 5.92 Å². The first-order chi connectivity index (χ1) is 10.2. The first kappa shape index (κ1) is 16.2. The second-order valence-corrected chi connectivity index (χ2v) is 6.16. The highest BCUT2D eigenvalue weighted by atomic mass is 32.2. The third-order valence-corrected chi connectivity index (χ3v) is 4.64. The maximum absolute atomic E-state index is 12.5. The number of rotatable bonds is 9. The van der Waals surface area contributed by atoms with Crippen LogP contribution in [-0.4, -0.2) is 40.4 Å². The van der Waals surface area contributed by atoms with Gasteiger partial charge in [0.1, 0.15) is 5.54 Å². The van der Waals surface area contributed by atoms with Crippen molar-refractivity contribution in [1.82, 2.24) is 15.3 Å². The summed E-state index contributed by atoms with van der Waals surface area (Å²) < 4.78 is 5.34. The largest absolute Gasteiger partial charge is 0.465 e. The number of carbonyl (C=O) groups is 1. The van der Waals surface area contributed by atoms with Crippen molar-refractivity contribution in [2.45, 2.75) is 43.8 Å². The first-order valence-electron chi connectivity index (χ1n) is 7.55. The maximum Gasteiger partial charge on any atom is 0.327 e. The number of nitrogens with zero attached hydrogens (tertiary/aromatic N) is 2. The van der Waals surface area contributed by atoms with Gasteiger partial charge in [-0.1, -0.05) is 18.7 Å². The fourth-order valence-electron chi connectivity index (χ4n) is 2.33. The lowest BCUT2D eigenvalue weighted by atomic mass is 9.95. The van der Waals surface area contributed by atoms with Crippen LogP contribution in [0, 0.1) is 5.92 Å². The average molecular weight is 309 g/mol. The van der Waals surface area contributed by atoms with Crippen molar-refractivity contribution >= 4 is 17.7 Å². The topological polar surface area (TPSA) is 64.1 Å². The molecule has 0 spiro atoms. The molecule has 0 saturated heterocycles. The highest BCUT2D eigenvalue weighted by molar-refractivity contribution is 7.99. The van der Waals surface area contributed by atoms with Gasteiger partial charge in [0.2, 0.25) is 0 Å². The molecule has 1 aliphatic carbocycles. The smallest absolute Gasteiger partial charge is 0.327 e. The molecule has 1 saturated carbocycles. The summed E-state index contributed by atoms with van der Waals surface area (Å²) in [5.41, 5.74) is -0.601. The monoisotopic (exact) mass is 309 g/mol. The van der Waals surface area contributed by atoms with Gasteiger partial charge in [-0.3, -0.25) is 4.79 Å². The Morgan fingerprint density at radius 2 is 2.14 bits per heavy atom. The lowest BCUT2D eigenvalue weighted by Crippen LogP contribution is -2.57. The van der Waals surface area contributed by atoms with Crippen LogP contribution in [0.15, 0.2) is 23.6 Å². The highest BCUT2D eigenvalue weighted by Gasteiger charge is 2.51. The number of hydrogen-bond acceptors (Lipinski definition) is 6. The summed E-state index contributed by atoms with van der Waals surface area (Å²) in [4.78, 5) is 21.0. The van der Waals surface area contributed by atoms with E-state index in [-0.39, 0.29) is 5.97 Å². The summed E-state index contributed by atoms with van der Waals surface area (Å²) in [7, 11) is 0. The summed E-state index contributed by atoms with van der Waals surface area (Å²) in [5.74, 6) is 0.837. The number of aromatic nitrogens is 2. The quantitative estimate of drug-likeness (QED) is 0.429. The molecule has 1 aromatic heterocycles. The third kappa shape index (κ3) is 4.17. The molecule has 116 valence electrons. The SMILES string of the molecule is CCCNC(CSc1ncccn1)(C(=O)OCC)C1CC1. The zero-order valence-corrected chi connectivity index (χ0v) is 13.5. The van der Waals surface area contributed by atoms with Gasteiger partial charge in [0.15, 0.2) is 5.16 Å². The number of carbonyl (C=O) groups excluding carboxylic acids is 1. The Labute approximate surface area is 130 Å². The van der Waals surface area contributed by atoms with E-state index in [9.17, 15) is 4.79 Å². The van der Waals surface area contributed by atoms with Crippen molar-refractivity contribution in [3.63, 3.8) is 0 Å². The van der Waals surface area contributed by atoms with E-state index in [0.717, 1.165) is 25.8 Å². The van der Waals surface area contributed by atoms with E-state index in [2.05, 4.69) is 22.2 Å². The molecular formula is C15H23N3O2S. The average Bonchev–Trinajstić information content (AvgIpc) is 3.34. The van der Waals surface area contributed by atoms with Crippen molar-refractivity contribution in [3.05, 3.63) is 18.5 Å². The number of ether oxygens (including phenoxy) is 1. The van der Waals surface area contributed by atoms with Crippen molar-refractivity contribution < 1.29 is 9.53 Å². The molecule has 21 heavy (non-hydrogen) atoms. The normalized spacial score (nSPS) is 17.2. The Bertz CT molecular complexity index is 453. The van der Waals surface area contributed by atoms with Gasteiger partial charge in [-0.2, -0.15) is 0 Å². The van der Waals surface area contributed by atoms with Crippen LogP contribution in [0.2, 0.25) is 0 Å². The lowest BCUT2D eigenvalue weighted by molar-refractivity contribution is -0.151. The van der Waals surface area contributed by atoms with Gasteiger partial charge in [-0.15, -0.1) is 0 Å². The molecule has 1 aliphatic rings. The van der Waals surface area contributed by atoms with Crippen molar-refractivity contribution in [2.75, 3.05) is 18.9 Å². The Balaban J connectivity index is 2.11. The molecule has 1 heterocycles. The number of thioether (sulfide) groups is 1. The Hall–Kier alpha value is -1.14. The van der Waals surface area contributed by atoms with E-state index < -0.39 is 5.54 Å². The summed E-state index contributed by atoms with van der Waals surface area (Å²) in [6.07, 6.45) is 6.58. The Morgan fingerprint density at radius 3 is 2.71 bits per heavy atom. The molecule has 0 radical (unpaired) electrons. The Kier molecular flexibility index (Phi) is 5.99. The van der Waals surface area contributed by atoms with E-state index >= 15 is 0 Å². The first-order valence-corrected chi connectivity index (χ1v) is 8.53. The zero-order valence-electron chi connectivity index (χ0n) is 12.7. The highest BCUT2D eigenvalue weighted by Crippen LogP contribution is 2.42. The van der Waals surface area contributed by atoms with Crippen LogP contribution >= 0.6 is 11.8 Å². The molecule has 1 unspecified atom stereocenters. The van der Waals surface area contributed by atoms with Crippen LogP contribution < -0.4 is 5.32 Å². The van der Waals surface area contributed by atoms with Crippen LogP contribution in [0.4, 0.5) is 0 Å². The van der Waals surface area contributed by atoms with E-state index in [1.54, 1.807) is 18.5 Å². The van der Waals surface area contributed by atoms with Crippen LogP contribution in [0.1, 0.15) is 33.1 Å². The molecule has 0 aliphatic heterocycles. The van der Waals surface area contributed by atoms with Gasteiger partial charge >= 0.3 is 5.97 Å². The summed E-state index contributed by atoms with van der Waals surface area (Å²) in [5, 5.41) is 4.15. The molecule has 1 atom stereocenters. The second kappa shape index (κ2) is 7.75. The molecule has 0 bridgehead atoms. The van der Waals surface area contributed by atoms with E-state index in [4.69, 9.17) is 4.74 Å². The number of hydrogen-bond donors (Lipinski definition) is 1. The molecule has 2 rings (SSSR count). The van der Waals surface area contributed by atoms with E-state index in [0.29, 0.717) is 23.4 Å². The van der Waals surface area contributed by atoms with Crippen LogP contribution in [0.3, 0.4) is 0 Å². The molecule has 6 heteroatoms. The van der Waals surface area contributed by atoms with Crippen LogP contribution in [0.5, 0.6) is 0 Å². The fraction of sp³-hybridized carbons (Fsp3) is 0.667. The molecule has 1 N–H and O–H groups in total. The van der Waals surface area contributed by atoms with E-state index in [1.807, 2.05) is 6.92 Å².